The average Bonchev–Trinajstić information content (AvgIpc) is 3.05. The number of carbonyl (C=O) groups is 2. The maximum Gasteiger partial charge on any atom is 0.308 e. The molecule has 2 aliphatic heterocycles. The molecule has 0 aliphatic carbocycles. The number of amides is 1. The first kappa shape index (κ1) is 16.8. The summed E-state index contributed by atoms with van der Waals surface area (Å²) in [6, 6.07) is 3.25. The second-order valence-electron chi connectivity index (χ2n) is 6.39. The number of carboxylic acids is 1. The van der Waals surface area contributed by atoms with Crippen molar-refractivity contribution < 1.29 is 28.2 Å². The maximum absolute atomic E-state index is 14.4. The van der Waals surface area contributed by atoms with Crippen LogP contribution in [-0.4, -0.2) is 48.2 Å². The van der Waals surface area contributed by atoms with Gasteiger partial charge in [-0.1, -0.05) is 6.07 Å². The Labute approximate surface area is 138 Å². The van der Waals surface area contributed by atoms with Crippen LogP contribution in [0.4, 0.5) is 8.78 Å². The Balaban J connectivity index is 1.94. The Bertz CT molecular complexity index is 658. The van der Waals surface area contributed by atoms with Crippen molar-refractivity contribution in [3.63, 3.8) is 0 Å². The van der Waals surface area contributed by atoms with Gasteiger partial charge in [-0.05, 0) is 25.3 Å². The molecule has 24 heavy (non-hydrogen) atoms. The van der Waals surface area contributed by atoms with Crippen LogP contribution in [0.5, 0.6) is 0 Å². The summed E-state index contributed by atoms with van der Waals surface area (Å²) >= 11 is 0. The number of carbonyl (C=O) groups excluding carboxylic acids is 1. The first-order valence-corrected chi connectivity index (χ1v) is 7.99. The topological polar surface area (TPSA) is 66.8 Å². The number of hydrogen-bond acceptors (Lipinski definition) is 3. The van der Waals surface area contributed by atoms with Crippen molar-refractivity contribution in [1.29, 1.82) is 0 Å². The van der Waals surface area contributed by atoms with Gasteiger partial charge >= 0.3 is 5.97 Å². The third kappa shape index (κ3) is 2.88. The predicted molar refractivity (Wildman–Crippen MR) is 80.4 cm³/mol. The minimum absolute atomic E-state index is 0.125. The monoisotopic (exact) mass is 339 g/mol. The summed E-state index contributed by atoms with van der Waals surface area (Å²) in [7, 11) is 0. The summed E-state index contributed by atoms with van der Waals surface area (Å²) in [5, 5.41) is 9.12. The number of hydrogen-bond donors (Lipinski definition) is 1. The average molecular weight is 339 g/mol. The number of halogens is 2. The van der Waals surface area contributed by atoms with Gasteiger partial charge in [0.15, 0.2) is 0 Å². The quantitative estimate of drug-likeness (QED) is 0.914. The van der Waals surface area contributed by atoms with Crippen molar-refractivity contribution in [3.05, 3.63) is 35.4 Å². The number of likely N-dealkylation sites (tertiary alicyclic amines) is 1. The Morgan fingerprint density at radius 2 is 1.96 bits per heavy atom. The number of ether oxygens (including phenoxy) is 1. The molecule has 3 rings (SSSR count). The SMILES string of the molecule is O=C(O)C1CCN(C(=O)C2(c3ccc(F)cc3F)CCOCC2)C1. The summed E-state index contributed by atoms with van der Waals surface area (Å²) in [5.74, 6) is -3.26. The molecule has 0 spiro atoms. The molecule has 0 saturated carbocycles. The fourth-order valence-corrected chi connectivity index (χ4v) is 3.64. The van der Waals surface area contributed by atoms with E-state index in [2.05, 4.69) is 0 Å². The van der Waals surface area contributed by atoms with E-state index in [0.29, 0.717) is 39.0 Å². The van der Waals surface area contributed by atoms with Crippen LogP contribution in [-0.2, 0) is 19.7 Å². The molecule has 5 nitrogen and oxygen atoms in total. The highest BCUT2D eigenvalue weighted by Gasteiger charge is 2.47. The van der Waals surface area contributed by atoms with Crippen LogP contribution in [0.15, 0.2) is 18.2 Å². The maximum atomic E-state index is 14.4. The molecule has 0 radical (unpaired) electrons. The van der Waals surface area contributed by atoms with Gasteiger partial charge in [-0.2, -0.15) is 0 Å². The lowest BCUT2D eigenvalue weighted by Gasteiger charge is -2.39. The smallest absolute Gasteiger partial charge is 0.308 e. The van der Waals surface area contributed by atoms with Crippen LogP contribution >= 0.6 is 0 Å². The molecule has 1 aromatic rings. The number of benzene rings is 1. The van der Waals surface area contributed by atoms with E-state index < -0.39 is 28.9 Å². The highest BCUT2D eigenvalue weighted by Crippen LogP contribution is 2.39. The van der Waals surface area contributed by atoms with Crippen LogP contribution in [0.2, 0.25) is 0 Å². The van der Waals surface area contributed by atoms with Gasteiger partial charge in [-0.3, -0.25) is 9.59 Å². The van der Waals surface area contributed by atoms with E-state index in [1.165, 1.54) is 11.0 Å². The minimum Gasteiger partial charge on any atom is -0.481 e. The van der Waals surface area contributed by atoms with Crippen LogP contribution in [0.3, 0.4) is 0 Å². The lowest BCUT2D eigenvalue weighted by Crippen LogP contribution is -2.50. The van der Waals surface area contributed by atoms with E-state index in [0.717, 1.165) is 12.1 Å². The van der Waals surface area contributed by atoms with Crippen LogP contribution < -0.4 is 0 Å². The van der Waals surface area contributed by atoms with Crippen LogP contribution in [0.1, 0.15) is 24.8 Å². The van der Waals surface area contributed by atoms with Gasteiger partial charge in [-0.25, -0.2) is 8.78 Å². The summed E-state index contributed by atoms with van der Waals surface area (Å²) in [5.41, 5.74) is -0.959. The standard InChI is InChI=1S/C17H19F2NO4/c18-12-1-2-13(14(19)9-12)17(4-7-24-8-5-17)16(23)20-6-3-11(10-20)15(21)22/h1-2,9,11H,3-8,10H2,(H,21,22). The van der Waals surface area contributed by atoms with Crippen molar-refractivity contribution in [3.8, 4) is 0 Å². The van der Waals surface area contributed by atoms with E-state index in [1.807, 2.05) is 0 Å². The first-order valence-electron chi connectivity index (χ1n) is 7.99. The largest absolute Gasteiger partial charge is 0.481 e. The molecule has 130 valence electrons. The van der Waals surface area contributed by atoms with Gasteiger partial charge in [-0.15, -0.1) is 0 Å². The molecule has 2 saturated heterocycles. The Morgan fingerprint density at radius 1 is 1.25 bits per heavy atom. The molecule has 2 heterocycles. The van der Waals surface area contributed by atoms with Crippen molar-refractivity contribution in [1.82, 2.24) is 4.90 Å². The normalized spacial score (nSPS) is 23.2. The van der Waals surface area contributed by atoms with Gasteiger partial charge in [0, 0.05) is 37.9 Å². The Hall–Kier alpha value is -2.02. The molecule has 0 aromatic heterocycles. The number of aliphatic carboxylic acids is 1. The fraction of sp³-hybridized carbons (Fsp3) is 0.529. The van der Waals surface area contributed by atoms with Gasteiger partial charge in [0.1, 0.15) is 11.6 Å². The zero-order valence-electron chi connectivity index (χ0n) is 13.1. The molecule has 1 aromatic carbocycles. The van der Waals surface area contributed by atoms with E-state index in [1.54, 1.807) is 0 Å². The van der Waals surface area contributed by atoms with Crippen molar-refractivity contribution in [2.24, 2.45) is 5.92 Å². The summed E-state index contributed by atoms with van der Waals surface area (Å²) in [6.45, 7) is 1.07. The number of rotatable bonds is 3. The zero-order chi connectivity index (χ0) is 17.3. The number of carboxylic acid groups (broad SMARTS) is 1. The lowest BCUT2D eigenvalue weighted by molar-refractivity contribution is -0.143. The molecule has 1 amide bonds. The third-order valence-corrected chi connectivity index (χ3v) is 5.03. The van der Waals surface area contributed by atoms with Gasteiger partial charge in [0.2, 0.25) is 5.91 Å². The third-order valence-electron chi connectivity index (χ3n) is 5.03. The van der Waals surface area contributed by atoms with Crippen molar-refractivity contribution >= 4 is 11.9 Å². The summed E-state index contributed by atoms with van der Waals surface area (Å²) in [4.78, 5) is 25.8. The van der Waals surface area contributed by atoms with Crippen molar-refractivity contribution in [2.45, 2.75) is 24.7 Å². The Kier molecular flexibility index (Phi) is 4.54. The second kappa shape index (κ2) is 6.47. The minimum atomic E-state index is -1.12. The van der Waals surface area contributed by atoms with Gasteiger partial charge < -0.3 is 14.7 Å². The zero-order valence-corrected chi connectivity index (χ0v) is 13.1. The first-order chi connectivity index (χ1) is 11.4. The van der Waals surface area contributed by atoms with E-state index in [4.69, 9.17) is 9.84 Å². The molecular weight excluding hydrogens is 320 g/mol. The summed E-state index contributed by atoms with van der Waals surface area (Å²) < 4.78 is 33.0. The molecule has 1 unspecified atom stereocenters. The molecular formula is C17H19F2NO4. The molecule has 1 atom stereocenters. The number of nitrogens with zero attached hydrogens (tertiary/aromatic N) is 1. The molecule has 2 fully saturated rings. The van der Waals surface area contributed by atoms with Crippen LogP contribution in [0, 0.1) is 17.6 Å². The predicted octanol–water partition coefficient (Wildman–Crippen LogP) is 1.95. The lowest BCUT2D eigenvalue weighted by atomic mass is 9.72. The second-order valence-corrected chi connectivity index (χ2v) is 6.39. The van der Waals surface area contributed by atoms with E-state index in [9.17, 15) is 18.4 Å². The highest BCUT2D eigenvalue weighted by atomic mass is 19.1. The molecule has 0 bridgehead atoms. The molecule has 7 heteroatoms. The van der Waals surface area contributed by atoms with Gasteiger partial charge in [0.05, 0.1) is 11.3 Å². The van der Waals surface area contributed by atoms with Gasteiger partial charge in [0.25, 0.3) is 0 Å². The van der Waals surface area contributed by atoms with E-state index in [-0.39, 0.29) is 18.0 Å². The van der Waals surface area contributed by atoms with E-state index >= 15 is 0 Å². The van der Waals surface area contributed by atoms with Crippen LogP contribution in [0.25, 0.3) is 0 Å². The highest BCUT2D eigenvalue weighted by molar-refractivity contribution is 5.89. The van der Waals surface area contributed by atoms with Crippen molar-refractivity contribution in [2.75, 3.05) is 26.3 Å². The molecule has 1 N–H and O–H groups in total. The molecule has 2 aliphatic rings. The Morgan fingerprint density at radius 3 is 2.54 bits per heavy atom. The summed E-state index contributed by atoms with van der Waals surface area (Å²) in [6.07, 6.45) is 0.977. The fourth-order valence-electron chi connectivity index (χ4n) is 3.64.